The van der Waals surface area contributed by atoms with Crippen LogP contribution in [0.15, 0.2) is 0 Å². The SMILES string of the molecule is OCCCC(O)SC(F)(F)C(F)(F)C(F)(F)C(F)(F)C(F)(F)C(F)(F)C(F)(F)C(F)(F)C(F)(F)C(F)(F)F. The van der Waals surface area contributed by atoms with E-state index >= 15 is 0 Å². The highest BCUT2D eigenvalue weighted by molar-refractivity contribution is 8.00. The summed E-state index contributed by atoms with van der Waals surface area (Å²) in [5, 5.41) is 10.4. The van der Waals surface area contributed by atoms with Crippen LogP contribution in [-0.4, -0.2) is 81.1 Å². The number of halogens is 21. The topological polar surface area (TPSA) is 40.5 Å². The molecule has 0 aromatic heterocycles. The Bertz CT molecular complexity index is 819. The first kappa shape index (κ1) is 36.8. The Kier molecular flexibility index (Phi) is 9.70. The van der Waals surface area contributed by atoms with E-state index in [1.807, 2.05) is 0 Å². The van der Waals surface area contributed by atoms with Crippen molar-refractivity contribution < 1.29 is 102 Å². The van der Waals surface area contributed by atoms with Crippen LogP contribution in [0.2, 0.25) is 0 Å². The average molecular weight is 640 g/mol. The molecule has 0 fully saturated rings. The molecule has 0 aromatic carbocycles. The molecular formula is C14H9F21O2S. The maximum Gasteiger partial charge on any atom is 0.460 e. The van der Waals surface area contributed by atoms with Gasteiger partial charge in [-0.15, -0.1) is 0 Å². The van der Waals surface area contributed by atoms with E-state index in [0.29, 0.717) is 0 Å². The van der Waals surface area contributed by atoms with Gasteiger partial charge in [-0.2, -0.15) is 92.2 Å². The summed E-state index contributed by atoms with van der Waals surface area (Å²) in [7, 11) is 0. The zero-order chi connectivity index (χ0) is 31.4. The average Bonchev–Trinajstić information content (AvgIpc) is 2.69. The van der Waals surface area contributed by atoms with E-state index in [2.05, 4.69) is 0 Å². The van der Waals surface area contributed by atoms with Gasteiger partial charge >= 0.3 is 58.8 Å². The van der Waals surface area contributed by atoms with Gasteiger partial charge in [-0.05, 0) is 12.8 Å². The first-order valence-electron chi connectivity index (χ1n) is 8.64. The van der Waals surface area contributed by atoms with E-state index in [1.165, 1.54) is 0 Å². The fourth-order valence-corrected chi connectivity index (χ4v) is 3.02. The molecule has 0 amide bonds. The quantitative estimate of drug-likeness (QED) is 0.168. The van der Waals surface area contributed by atoms with Crippen LogP contribution in [0.3, 0.4) is 0 Å². The highest BCUT2D eigenvalue weighted by atomic mass is 32.2. The Morgan fingerprint density at radius 1 is 0.447 bits per heavy atom. The van der Waals surface area contributed by atoms with Crippen molar-refractivity contribution in [3.05, 3.63) is 0 Å². The van der Waals surface area contributed by atoms with E-state index < -0.39 is 95.5 Å². The summed E-state index contributed by atoms with van der Waals surface area (Å²) in [5.74, 6) is -70.7. The van der Waals surface area contributed by atoms with Gasteiger partial charge in [-0.3, -0.25) is 0 Å². The van der Waals surface area contributed by atoms with Crippen LogP contribution >= 0.6 is 11.8 Å². The van der Waals surface area contributed by atoms with Crippen molar-refractivity contribution in [2.24, 2.45) is 0 Å². The third-order valence-corrected chi connectivity index (χ3v) is 5.44. The number of hydrogen-bond donors (Lipinski definition) is 2. The van der Waals surface area contributed by atoms with Gasteiger partial charge in [0.15, 0.2) is 0 Å². The minimum atomic E-state index is -9.22. The molecule has 0 bridgehead atoms. The van der Waals surface area contributed by atoms with E-state index in [9.17, 15) is 92.2 Å². The molecule has 0 spiro atoms. The second kappa shape index (κ2) is 10.0. The summed E-state index contributed by atoms with van der Waals surface area (Å²) in [6.07, 6.45) is -10.1. The molecule has 0 saturated heterocycles. The fourth-order valence-electron chi connectivity index (χ4n) is 2.11. The molecule has 0 aliphatic rings. The smallest absolute Gasteiger partial charge is 0.396 e. The standard InChI is InChI=1S/C14H9F21O2S/c15-5(16,7(19,20)9(23,24)11(27,28)13(31,32)33)6(17,18)8(21,22)10(25,26)12(29,30)14(34,35)38-4(37)2-1-3-36/h4,36-37H,1-3H2. The summed E-state index contributed by atoms with van der Waals surface area (Å²) in [6.45, 7) is -1.01. The van der Waals surface area contributed by atoms with Crippen molar-refractivity contribution >= 4 is 11.8 Å². The molecule has 1 unspecified atom stereocenters. The van der Waals surface area contributed by atoms with Gasteiger partial charge in [0.2, 0.25) is 0 Å². The van der Waals surface area contributed by atoms with Crippen LogP contribution in [-0.2, 0) is 0 Å². The predicted molar refractivity (Wildman–Crippen MR) is 80.5 cm³/mol. The predicted octanol–water partition coefficient (Wildman–Crippen LogP) is 7.05. The van der Waals surface area contributed by atoms with Crippen molar-refractivity contribution in [2.75, 3.05) is 6.61 Å². The normalized spacial score (nSPS) is 17.1. The van der Waals surface area contributed by atoms with Gasteiger partial charge in [0.1, 0.15) is 5.44 Å². The second-order valence-corrected chi connectivity index (χ2v) is 8.34. The fraction of sp³-hybridized carbons (Fsp3) is 1.00. The molecule has 0 aliphatic heterocycles. The van der Waals surface area contributed by atoms with Crippen molar-refractivity contribution in [1.29, 1.82) is 0 Å². The molecule has 0 rings (SSSR count). The van der Waals surface area contributed by atoms with Crippen molar-refractivity contribution in [3.63, 3.8) is 0 Å². The Hall–Kier alpha value is -1.20. The van der Waals surface area contributed by atoms with Gasteiger partial charge < -0.3 is 10.2 Å². The molecule has 0 aromatic rings. The lowest BCUT2D eigenvalue weighted by Gasteiger charge is -2.44. The molecule has 0 saturated carbocycles. The molecule has 0 radical (unpaired) electrons. The molecule has 2 nitrogen and oxygen atoms in total. The Labute approximate surface area is 199 Å². The first-order chi connectivity index (χ1) is 16.2. The lowest BCUT2D eigenvalue weighted by Crippen LogP contribution is -2.76. The van der Waals surface area contributed by atoms with Gasteiger partial charge in [-0.1, -0.05) is 11.8 Å². The second-order valence-electron chi connectivity index (χ2n) is 7.05. The third kappa shape index (κ3) is 5.04. The summed E-state index contributed by atoms with van der Waals surface area (Å²) >= 11 is -2.15. The zero-order valence-electron chi connectivity index (χ0n) is 16.9. The number of hydrogen-bond acceptors (Lipinski definition) is 3. The van der Waals surface area contributed by atoms with E-state index in [1.54, 1.807) is 0 Å². The lowest BCUT2D eigenvalue weighted by molar-refractivity contribution is -0.472. The van der Waals surface area contributed by atoms with Crippen molar-refractivity contribution in [3.8, 4) is 0 Å². The van der Waals surface area contributed by atoms with E-state index in [-0.39, 0.29) is 0 Å². The first-order valence-corrected chi connectivity index (χ1v) is 9.52. The summed E-state index contributed by atoms with van der Waals surface area (Å²) < 4.78 is 277. The minimum Gasteiger partial charge on any atom is -0.396 e. The van der Waals surface area contributed by atoms with Crippen LogP contribution < -0.4 is 0 Å². The molecule has 230 valence electrons. The van der Waals surface area contributed by atoms with Gasteiger partial charge in [0, 0.05) is 6.61 Å². The highest BCUT2D eigenvalue weighted by Crippen LogP contribution is 2.67. The molecular weight excluding hydrogens is 631 g/mol. The van der Waals surface area contributed by atoms with Crippen LogP contribution in [0.4, 0.5) is 92.2 Å². The molecule has 0 aliphatic carbocycles. The monoisotopic (exact) mass is 640 g/mol. The van der Waals surface area contributed by atoms with Crippen molar-refractivity contribution in [2.45, 2.75) is 77.1 Å². The zero-order valence-corrected chi connectivity index (χ0v) is 17.8. The number of thioether (sulfide) groups is 1. The van der Waals surface area contributed by atoms with E-state index in [4.69, 9.17) is 10.2 Å². The number of aliphatic hydroxyl groups is 2. The van der Waals surface area contributed by atoms with Crippen LogP contribution in [0.5, 0.6) is 0 Å². The Morgan fingerprint density at radius 2 is 0.711 bits per heavy atom. The van der Waals surface area contributed by atoms with Gasteiger partial charge in [0.25, 0.3) is 0 Å². The Balaban J connectivity index is 6.88. The Morgan fingerprint density at radius 3 is 0.974 bits per heavy atom. The summed E-state index contributed by atoms with van der Waals surface area (Å²) in [6, 6.07) is 0. The molecule has 24 heteroatoms. The van der Waals surface area contributed by atoms with E-state index in [0.717, 1.165) is 0 Å². The minimum absolute atomic E-state index is 0.793. The van der Waals surface area contributed by atoms with Crippen LogP contribution in [0.25, 0.3) is 0 Å². The largest absolute Gasteiger partial charge is 0.460 e. The number of aliphatic hydroxyl groups excluding tert-OH is 2. The number of alkyl halides is 21. The van der Waals surface area contributed by atoms with Crippen LogP contribution in [0, 0.1) is 0 Å². The summed E-state index contributed by atoms with van der Waals surface area (Å²) in [5.41, 5.74) is -3.03. The molecule has 2 N–H and O–H groups in total. The highest BCUT2D eigenvalue weighted by Gasteiger charge is 2.97. The molecule has 0 heterocycles. The third-order valence-electron chi connectivity index (χ3n) is 4.38. The molecule has 38 heavy (non-hydrogen) atoms. The van der Waals surface area contributed by atoms with Gasteiger partial charge in [-0.25, -0.2) is 0 Å². The maximum atomic E-state index is 13.6. The molecule has 1 atom stereocenters. The number of rotatable bonds is 13. The summed E-state index contributed by atoms with van der Waals surface area (Å²) in [4.78, 5) is 0. The lowest BCUT2D eigenvalue weighted by atomic mass is 9.87. The maximum absolute atomic E-state index is 13.6. The van der Waals surface area contributed by atoms with Crippen LogP contribution in [0.1, 0.15) is 12.8 Å². The van der Waals surface area contributed by atoms with Gasteiger partial charge in [0.05, 0.1) is 0 Å². The van der Waals surface area contributed by atoms with Crippen molar-refractivity contribution in [1.82, 2.24) is 0 Å².